The van der Waals surface area contributed by atoms with Gasteiger partial charge < -0.3 is 20.3 Å². The lowest BCUT2D eigenvalue weighted by Crippen LogP contribution is -2.24. The topological polar surface area (TPSA) is 68.6 Å². The molecule has 0 aromatic carbocycles. The van der Waals surface area contributed by atoms with Gasteiger partial charge in [-0.3, -0.25) is 0 Å². The lowest BCUT2D eigenvalue weighted by atomic mass is 10.4. The highest BCUT2D eigenvalue weighted by atomic mass is 16.6. The van der Waals surface area contributed by atoms with E-state index in [4.69, 9.17) is 9.47 Å². The molecule has 4 nitrogen and oxygen atoms in total. The molecule has 0 saturated carbocycles. The first-order chi connectivity index (χ1) is 4.45. The van der Waals surface area contributed by atoms with Crippen molar-refractivity contribution >= 4 is 0 Å². The molecule has 2 fully saturated rings. The molecule has 2 aliphatic heterocycles. The Balaban J connectivity index is 0.000000500. The van der Waals surface area contributed by atoms with Crippen LogP contribution in [-0.2, 0) is 9.47 Å². The summed E-state index contributed by atoms with van der Waals surface area (Å²) in [4.78, 5) is 0. The minimum Gasteiger partial charge on any atom is -0.412 e. The Morgan fingerprint density at radius 2 is 1.50 bits per heavy atom. The predicted octanol–water partition coefficient (Wildman–Crippen LogP) is -1.45. The Kier molecular flexibility index (Phi) is 2.62. The first kappa shape index (κ1) is 7.94. The lowest BCUT2D eigenvalue weighted by Gasteiger charge is -1.95. The molecule has 0 spiro atoms. The second-order valence-electron chi connectivity index (χ2n) is 2.57. The van der Waals surface area contributed by atoms with Gasteiger partial charge in [0.2, 0.25) is 0 Å². The van der Waals surface area contributed by atoms with Crippen molar-refractivity contribution in [3.05, 3.63) is 0 Å². The molecule has 0 amide bonds. The molecule has 2 aliphatic rings. The van der Waals surface area contributed by atoms with Gasteiger partial charge in [0.25, 0.3) is 0 Å². The van der Waals surface area contributed by atoms with E-state index in [-0.39, 0.29) is 5.48 Å². The van der Waals surface area contributed by atoms with Gasteiger partial charge >= 0.3 is 0 Å². The summed E-state index contributed by atoms with van der Waals surface area (Å²) in [6.45, 7) is 3.89. The molecule has 3 N–H and O–H groups in total. The SMILES string of the molecule is C(NCC1CO1)C1CO1.O. The van der Waals surface area contributed by atoms with Gasteiger partial charge in [-0.05, 0) is 0 Å². The number of hydrogen-bond donors (Lipinski definition) is 1. The van der Waals surface area contributed by atoms with E-state index in [0.717, 1.165) is 26.3 Å². The third-order valence-electron chi connectivity index (χ3n) is 1.55. The van der Waals surface area contributed by atoms with Crippen molar-refractivity contribution in [1.82, 2.24) is 5.32 Å². The second-order valence-corrected chi connectivity index (χ2v) is 2.57. The van der Waals surface area contributed by atoms with Gasteiger partial charge in [0.05, 0.1) is 25.4 Å². The van der Waals surface area contributed by atoms with Gasteiger partial charge in [0, 0.05) is 13.1 Å². The molecule has 0 aromatic heterocycles. The maximum Gasteiger partial charge on any atom is 0.0933 e. The van der Waals surface area contributed by atoms with Crippen LogP contribution in [0.2, 0.25) is 0 Å². The van der Waals surface area contributed by atoms with E-state index >= 15 is 0 Å². The first-order valence-corrected chi connectivity index (χ1v) is 3.39. The van der Waals surface area contributed by atoms with Gasteiger partial charge in [0.1, 0.15) is 0 Å². The second kappa shape index (κ2) is 3.30. The van der Waals surface area contributed by atoms with Crippen molar-refractivity contribution in [1.29, 1.82) is 0 Å². The van der Waals surface area contributed by atoms with Crippen LogP contribution in [0, 0.1) is 0 Å². The summed E-state index contributed by atoms with van der Waals surface area (Å²) in [5.41, 5.74) is 0. The molecule has 0 aliphatic carbocycles. The molecule has 60 valence electrons. The molecule has 10 heavy (non-hydrogen) atoms. The molecular weight excluding hydrogens is 134 g/mol. The fraction of sp³-hybridized carbons (Fsp3) is 1.00. The van der Waals surface area contributed by atoms with Gasteiger partial charge in [-0.25, -0.2) is 0 Å². The van der Waals surface area contributed by atoms with Crippen LogP contribution in [-0.4, -0.2) is 44.0 Å². The Morgan fingerprint density at radius 3 is 1.80 bits per heavy atom. The van der Waals surface area contributed by atoms with Gasteiger partial charge in [0.15, 0.2) is 0 Å². The number of ether oxygens (including phenoxy) is 2. The van der Waals surface area contributed by atoms with E-state index in [0.29, 0.717) is 12.2 Å². The van der Waals surface area contributed by atoms with E-state index in [1.165, 1.54) is 0 Å². The van der Waals surface area contributed by atoms with Crippen LogP contribution in [0.3, 0.4) is 0 Å². The van der Waals surface area contributed by atoms with Crippen molar-refractivity contribution in [2.24, 2.45) is 0 Å². The van der Waals surface area contributed by atoms with E-state index in [9.17, 15) is 0 Å². The summed E-state index contributed by atoms with van der Waals surface area (Å²) in [6, 6.07) is 0. The molecule has 0 bridgehead atoms. The Hall–Kier alpha value is -0.160. The fourth-order valence-electron chi connectivity index (χ4n) is 0.777. The van der Waals surface area contributed by atoms with Crippen LogP contribution in [0.4, 0.5) is 0 Å². The third kappa shape index (κ3) is 2.62. The number of nitrogens with one attached hydrogen (secondary N) is 1. The molecule has 2 unspecified atom stereocenters. The standard InChI is InChI=1S/C6H11NO2.H2O/c1(5-3-8-5)7-2-6-4-9-6;/h5-7H,1-4H2;1H2. The quantitative estimate of drug-likeness (QED) is 0.494. The predicted molar refractivity (Wildman–Crippen MR) is 36.0 cm³/mol. The van der Waals surface area contributed by atoms with Gasteiger partial charge in [-0.2, -0.15) is 0 Å². The third-order valence-corrected chi connectivity index (χ3v) is 1.55. The normalized spacial score (nSPS) is 34.8. The number of rotatable bonds is 4. The number of hydrogen-bond acceptors (Lipinski definition) is 3. The van der Waals surface area contributed by atoms with Crippen LogP contribution in [0.1, 0.15) is 0 Å². The van der Waals surface area contributed by atoms with E-state index < -0.39 is 0 Å². The van der Waals surface area contributed by atoms with E-state index in [2.05, 4.69) is 5.32 Å². The van der Waals surface area contributed by atoms with Crippen molar-refractivity contribution < 1.29 is 14.9 Å². The smallest absolute Gasteiger partial charge is 0.0933 e. The lowest BCUT2D eigenvalue weighted by molar-refractivity contribution is 0.373. The molecule has 2 atom stereocenters. The molecular formula is C6H13NO3. The van der Waals surface area contributed by atoms with E-state index in [1.807, 2.05) is 0 Å². The Morgan fingerprint density at radius 1 is 1.10 bits per heavy atom. The summed E-state index contributed by atoms with van der Waals surface area (Å²) >= 11 is 0. The zero-order valence-electron chi connectivity index (χ0n) is 5.80. The monoisotopic (exact) mass is 147 g/mol. The van der Waals surface area contributed by atoms with Crippen LogP contribution in [0.25, 0.3) is 0 Å². The molecule has 0 aromatic rings. The highest BCUT2D eigenvalue weighted by molar-refractivity contribution is 4.76. The zero-order chi connectivity index (χ0) is 6.10. The molecule has 2 rings (SSSR count). The minimum atomic E-state index is 0. The first-order valence-electron chi connectivity index (χ1n) is 3.39. The van der Waals surface area contributed by atoms with Crippen LogP contribution in [0.15, 0.2) is 0 Å². The summed E-state index contributed by atoms with van der Waals surface area (Å²) in [5.74, 6) is 0. The van der Waals surface area contributed by atoms with Gasteiger partial charge in [-0.1, -0.05) is 0 Å². The Labute approximate surface area is 59.8 Å². The van der Waals surface area contributed by atoms with Crippen molar-refractivity contribution in [3.63, 3.8) is 0 Å². The summed E-state index contributed by atoms with van der Waals surface area (Å²) in [5, 5.41) is 3.26. The molecule has 2 heterocycles. The fourth-order valence-corrected chi connectivity index (χ4v) is 0.777. The minimum absolute atomic E-state index is 0. The maximum atomic E-state index is 5.01. The van der Waals surface area contributed by atoms with E-state index in [1.54, 1.807) is 0 Å². The Bertz CT molecular complexity index is 89.2. The van der Waals surface area contributed by atoms with Crippen LogP contribution < -0.4 is 5.32 Å². The van der Waals surface area contributed by atoms with Crippen LogP contribution in [0.5, 0.6) is 0 Å². The largest absolute Gasteiger partial charge is 0.412 e. The average molecular weight is 147 g/mol. The van der Waals surface area contributed by atoms with Crippen molar-refractivity contribution in [3.8, 4) is 0 Å². The summed E-state index contributed by atoms with van der Waals surface area (Å²) < 4.78 is 10.0. The highest BCUT2D eigenvalue weighted by Gasteiger charge is 2.25. The molecule has 2 saturated heterocycles. The summed E-state index contributed by atoms with van der Waals surface area (Å²) in [6.07, 6.45) is 1.01. The van der Waals surface area contributed by atoms with Crippen molar-refractivity contribution in [2.75, 3.05) is 26.3 Å². The van der Waals surface area contributed by atoms with Gasteiger partial charge in [-0.15, -0.1) is 0 Å². The number of epoxide rings is 2. The average Bonchev–Trinajstić information content (AvgIpc) is 2.57. The maximum absolute atomic E-state index is 5.01. The summed E-state index contributed by atoms with van der Waals surface area (Å²) in [7, 11) is 0. The van der Waals surface area contributed by atoms with Crippen LogP contribution >= 0.6 is 0 Å². The molecule has 4 heteroatoms. The zero-order valence-corrected chi connectivity index (χ0v) is 5.80. The highest BCUT2D eigenvalue weighted by Crippen LogP contribution is 2.09. The molecule has 0 radical (unpaired) electrons. The van der Waals surface area contributed by atoms with Crippen molar-refractivity contribution in [2.45, 2.75) is 12.2 Å².